The highest BCUT2D eigenvalue weighted by atomic mass is 16.6. The van der Waals surface area contributed by atoms with E-state index in [2.05, 4.69) is 37.0 Å². The van der Waals surface area contributed by atoms with Gasteiger partial charge < -0.3 is 14.9 Å². The van der Waals surface area contributed by atoms with Gasteiger partial charge >= 0.3 is 5.97 Å². The molecule has 3 aliphatic carbocycles. The molecular weight excluding hydrogens is 414 g/mol. The molecule has 5 rings (SSSR count). The lowest BCUT2D eigenvalue weighted by Crippen LogP contribution is -2.54. The summed E-state index contributed by atoms with van der Waals surface area (Å²) in [5.41, 5.74) is 2.20. The van der Waals surface area contributed by atoms with Gasteiger partial charge in [0.1, 0.15) is 6.10 Å². The van der Waals surface area contributed by atoms with Gasteiger partial charge in [0.25, 0.3) is 0 Å². The average Bonchev–Trinajstić information content (AvgIpc) is 3.33. The molecule has 8 unspecified atom stereocenters. The van der Waals surface area contributed by atoms with Crippen LogP contribution in [0.15, 0.2) is 42.0 Å². The maximum Gasteiger partial charge on any atom is 0.311 e. The summed E-state index contributed by atoms with van der Waals surface area (Å²) < 4.78 is 5.90. The van der Waals surface area contributed by atoms with Gasteiger partial charge in [-0.2, -0.15) is 0 Å². The molecule has 5 heteroatoms. The molecule has 1 aromatic carbocycles. The van der Waals surface area contributed by atoms with Gasteiger partial charge in [-0.15, -0.1) is 0 Å². The van der Waals surface area contributed by atoms with E-state index < -0.39 is 6.10 Å². The highest BCUT2D eigenvalue weighted by molar-refractivity contribution is 5.76. The normalized spacial score (nSPS) is 40.3. The van der Waals surface area contributed by atoms with Crippen molar-refractivity contribution in [3.63, 3.8) is 0 Å². The lowest BCUT2D eigenvalue weighted by molar-refractivity contribution is -0.145. The van der Waals surface area contributed by atoms with Crippen LogP contribution < -0.4 is 0 Å². The van der Waals surface area contributed by atoms with Crippen LogP contribution >= 0.6 is 0 Å². The summed E-state index contributed by atoms with van der Waals surface area (Å²) in [6.07, 6.45) is 7.05. The number of esters is 1. The number of allylic oxidation sites excluding steroid dienone is 1. The number of nitrogens with zero attached hydrogens (tertiary/aromatic N) is 1. The minimum Gasteiger partial charge on any atom is -0.461 e. The highest BCUT2D eigenvalue weighted by Crippen LogP contribution is 2.56. The Morgan fingerprint density at radius 2 is 1.91 bits per heavy atom. The standard InChI is InChI=1S/C28H39NO4/c1-18-8-6-12-21-14-24-25(26(31)28(18,21)2)22(27(32)33-24)17-29(15-19-9-4-3-5-10-19)16-20-11-7-13-23(20)30/h3-5,9-10,12,18,20,22-26,30-31H,6-8,11,13-17H2,1-2H3. The van der Waals surface area contributed by atoms with E-state index in [9.17, 15) is 15.0 Å². The summed E-state index contributed by atoms with van der Waals surface area (Å²) in [6, 6.07) is 10.3. The van der Waals surface area contributed by atoms with Crippen molar-refractivity contribution in [2.24, 2.45) is 29.1 Å². The van der Waals surface area contributed by atoms with E-state index in [1.54, 1.807) is 0 Å². The maximum absolute atomic E-state index is 13.1. The van der Waals surface area contributed by atoms with Crippen LogP contribution in [-0.4, -0.2) is 52.5 Å². The van der Waals surface area contributed by atoms with Crippen molar-refractivity contribution in [1.29, 1.82) is 0 Å². The van der Waals surface area contributed by atoms with Gasteiger partial charge in [0.05, 0.1) is 18.1 Å². The number of rotatable bonds is 6. The van der Waals surface area contributed by atoms with Crippen LogP contribution in [0.2, 0.25) is 0 Å². The van der Waals surface area contributed by atoms with Gasteiger partial charge in [-0.3, -0.25) is 9.69 Å². The molecule has 8 atom stereocenters. The zero-order valence-corrected chi connectivity index (χ0v) is 20.0. The molecule has 1 saturated heterocycles. The average molecular weight is 454 g/mol. The largest absolute Gasteiger partial charge is 0.461 e. The van der Waals surface area contributed by atoms with Gasteiger partial charge in [0, 0.05) is 37.4 Å². The van der Waals surface area contributed by atoms with Crippen molar-refractivity contribution in [1.82, 2.24) is 4.90 Å². The van der Waals surface area contributed by atoms with Gasteiger partial charge in [-0.25, -0.2) is 0 Å². The molecule has 33 heavy (non-hydrogen) atoms. The van der Waals surface area contributed by atoms with Crippen LogP contribution in [0.3, 0.4) is 0 Å². The molecule has 1 aliphatic heterocycles. The van der Waals surface area contributed by atoms with Crippen molar-refractivity contribution in [2.75, 3.05) is 13.1 Å². The number of hydrogen-bond donors (Lipinski definition) is 2. The van der Waals surface area contributed by atoms with Crippen LogP contribution in [0.4, 0.5) is 0 Å². The molecule has 5 nitrogen and oxygen atoms in total. The van der Waals surface area contributed by atoms with E-state index in [1.165, 1.54) is 11.1 Å². The molecule has 0 amide bonds. The summed E-state index contributed by atoms with van der Waals surface area (Å²) in [5.74, 6) is -0.0428. The number of benzene rings is 1. The highest BCUT2D eigenvalue weighted by Gasteiger charge is 2.59. The first kappa shape index (κ1) is 23.1. The Balaban J connectivity index is 1.39. The third kappa shape index (κ3) is 4.17. The van der Waals surface area contributed by atoms with Crippen LogP contribution in [0.5, 0.6) is 0 Å². The second kappa shape index (κ2) is 9.16. The van der Waals surface area contributed by atoms with Crippen LogP contribution in [0.25, 0.3) is 0 Å². The number of fused-ring (bicyclic) bond motifs is 2. The number of aliphatic hydroxyl groups is 2. The van der Waals surface area contributed by atoms with Crippen LogP contribution in [0, 0.1) is 29.1 Å². The summed E-state index contributed by atoms with van der Waals surface area (Å²) in [5, 5.41) is 22.2. The molecule has 0 spiro atoms. The van der Waals surface area contributed by atoms with E-state index in [0.29, 0.717) is 12.5 Å². The van der Waals surface area contributed by atoms with Gasteiger partial charge in [0.2, 0.25) is 0 Å². The third-order valence-electron chi connectivity index (χ3n) is 9.39. The van der Waals surface area contributed by atoms with E-state index in [4.69, 9.17) is 4.74 Å². The second-order valence-corrected chi connectivity index (χ2v) is 11.2. The van der Waals surface area contributed by atoms with Crippen molar-refractivity contribution >= 4 is 5.97 Å². The molecule has 0 radical (unpaired) electrons. The van der Waals surface area contributed by atoms with E-state index in [-0.39, 0.29) is 41.3 Å². The monoisotopic (exact) mass is 453 g/mol. The Hall–Kier alpha value is -1.69. The lowest BCUT2D eigenvalue weighted by atomic mass is 9.55. The molecular formula is C28H39NO4. The molecule has 1 heterocycles. The fourth-order valence-corrected chi connectivity index (χ4v) is 7.16. The SMILES string of the molecule is CC1CCC=C2CC3OC(=O)C(CN(Cc4ccccc4)CC4CCCC4O)C3C(O)C21C. The van der Waals surface area contributed by atoms with Crippen molar-refractivity contribution in [3.8, 4) is 0 Å². The fourth-order valence-electron chi connectivity index (χ4n) is 7.16. The predicted octanol–water partition coefficient (Wildman–Crippen LogP) is 3.93. The first-order valence-corrected chi connectivity index (χ1v) is 12.9. The number of carbonyl (C=O) groups is 1. The number of hydrogen-bond acceptors (Lipinski definition) is 5. The molecule has 0 bridgehead atoms. The summed E-state index contributed by atoms with van der Waals surface area (Å²) in [4.78, 5) is 15.5. The molecule has 1 aromatic rings. The Bertz CT molecular complexity index is 885. The van der Waals surface area contributed by atoms with Gasteiger partial charge in [0.15, 0.2) is 0 Å². The molecule has 0 aromatic heterocycles. The van der Waals surface area contributed by atoms with Crippen LogP contribution in [-0.2, 0) is 16.1 Å². The van der Waals surface area contributed by atoms with E-state index >= 15 is 0 Å². The predicted molar refractivity (Wildman–Crippen MR) is 127 cm³/mol. The van der Waals surface area contributed by atoms with Crippen molar-refractivity contribution < 1.29 is 19.7 Å². The molecule has 2 saturated carbocycles. The lowest BCUT2D eigenvalue weighted by Gasteiger charge is -2.52. The smallest absolute Gasteiger partial charge is 0.311 e. The van der Waals surface area contributed by atoms with Gasteiger partial charge in [-0.1, -0.05) is 62.2 Å². The minimum absolute atomic E-state index is 0.162. The first-order valence-electron chi connectivity index (χ1n) is 12.9. The molecule has 2 N–H and O–H groups in total. The van der Waals surface area contributed by atoms with E-state index in [0.717, 1.165) is 51.6 Å². The Morgan fingerprint density at radius 1 is 1.12 bits per heavy atom. The second-order valence-electron chi connectivity index (χ2n) is 11.2. The Kier molecular flexibility index (Phi) is 6.41. The zero-order valence-electron chi connectivity index (χ0n) is 20.0. The number of aliphatic hydroxyl groups excluding tert-OH is 2. The van der Waals surface area contributed by atoms with Gasteiger partial charge in [-0.05, 0) is 43.1 Å². The Morgan fingerprint density at radius 3 is 2.64 bits per heavy atom. The van der Waals surface area contributed by atoms with E-state index in [1.807, 2.05) is 18.2 Å². The first-order chi connectivity index (χ1) is 15.9. The van der Waals surface area contributed by atoms with Crippen molar-refractivity contribution in [2.45, 2.75) is 77.2 Å². The third-order valence-corrected chi connectivity index (χ3v) is 9.39. The minimum atomic E-state index is -0.579. The molecule has 4 aliphatic rings. The zero-order chi connectivity index (χ0) is 23.2. The summed E-state index contributed by atoms with van der Waals surface area (Å²) >= 11 is 0. The Labute approximate surface area is 197 Å². The van der Waals surface area contributed by atoms with Crippen molar-refractivity contribution in [3.05, 3.63) is 47.5 Å². The summed E-state index contributed by atoms with van der Waals surface area (Å²) in [7, 11) is 0. The quantitative estimate of drug-likeness (QED) is 0.504. The molecule has 180 valence electrons. The molecule has 3 fully saturated rings. The summed E-state index contributed by atoms with van der Waals surface area (Å²) in [6.45, 7) is 6.51. The topological polar surface area (TPSA) is 70.0 Å². The number of ether oxygens (including phenoxy) is 1. The maximum atomic E-state index is 13.1. The number of carbonyl (C=O) groups excluding carboxylic acids is 1. The fraction of sp³-hybridized carbons (Fsp3) is 0.679. The van der Waals surface area contributed by atoms with Crippen LogP contribution in [0.1, 0.15) is 57.9 Å².